The third-order valence-electron chi connectivity index (χ3n) is 5.65. The van der Waals surface area contributed by atoms with Gasteiger partial charge in [0.05, 0.1) is 0 Å². The molecule has 1 heteroatoms. The van der Waals surface area contributed by atoms with Crippen molar-refractivity contribution in [2.24, 2.45) is 28.6 Å². The van der Waals surface area contributed by atoms with Gasteiger partial charge in [-0.15, -0.1) is 0 Å². The van der Waals surface area contributed by atoms with E-state index in [9.17, 15) is 0 Å². The molecule has 0 spiro atoms. The Balaban J connectivity index is 1.53. The molecule has 3 aliphatic rings. The minimum atomic E-state index is 0.522. The van der Waals surface area contributed by atoms with Crippen LogP contribution < -0.4 is 5.32 Å². The molecule has 0 saturated heterocycles. The lowest BCUT2D eigenvalue weighted by molar-refractivity contribution is 0.0823. The maximum absolute atomic E-state index is 3.98. The van der Waals surface area contributed by atoms with Crippen LogP contribution in [0.15, 0.2) is 0 Å². The molecule has 3 rings (SSSR count). The van der Waals surface area contributed by atoms with E-state index in [4.69, 9.17) is 0 Å². The van der Waals surface area contributed by atoms with E-state index in [-0.39, 0.29) is 0 Å². The molecule has 3 fully saturated rings. The van der Waals surface area contributed by atoms with Gasteiger partial charge in [-0.25, -0.2) is 0 Å². The molecular weight excluding hydrogens is 230 g/mol. The molecular formula is C18H33N. The lowest BCUT2D eigenvalue weighted by Crippen LogP contribution is -2.45. The fraction of sp³-hybridized carbons (Fsp3) is 1.00. The molecule has 0 heterocycles. The Kier molecular flexibility index (Phi) is 3.48. The molecule has 1 nitrogen and oxygen atoms in total. The molecule has 1 N–H and O–H groups in total. The highest BCUT2D eigenvalue weighted by molar-refractivity contribution is 4.96. The zero-order valence-corrected chi connectivity index (χ0v) is 13.5. The first-order valence-electron chi connectivity index (χ1n) is 8.58. The molecule has 19 heavy (non-hydrogen) atoms. The summed E-state index contributed by atoms with van der Waals surface area (Å²) in [4.78, 5) is 0. The lowest BCUT2D eigenvalue weighted by Gasteiger charge is -2.45. The summed E-state index contributed by atoms with van der Waals surface area (Å²) >= 11 is 0. The smallest absolute Gasteiger partial charge is 0.00773 e. The second-order valence-electron chi connectivity index (χ2n) is 9.36. The lowest BCUT2D eigenvalue weighted by atomic mass is 9.63. The van der Waals surface area contributed by atoms with Crippen molar-refractivity contribution in [3.8, 4) is 0 Å². The highest BCUT2D eigenvalue weighted by Gasteiger charge is 2.42. The van der Waals surface area contributed by atoms with Gasteiger partial charge in [0, 0.05) is 6.04 Å². The van der Waals surface area contributed by atoms with Gasteiger partial charge < -0.3 is 5.32 Å². The Bertz CT molecular complexity index is 295. The summed E-state index contributed by atoms with van der Waals surface area (Å²) in [6.45, 7) is 11.2. The van der Waals surface area contributed by atoms with Crippen LogP contribution in [-0.4, -0.2) is 12.6 Å². The van der Waals surface area contributed by atoms with Crippen molar-refractivity contribution in [3.05, 3.63) is 0 Å². The van der Waals surface area contributed by atoms with Crippen molar-refractivity contribution >= 4 is 0 Å². The molecule has 0 aliphatic heterocycles. The first kappa shape index (κ1) is 13.9. The molecule has 0 bridgehead atoms. The quantitative estimate of drug-likeness (QED) is 0.763. The van der Waals surface area contributed by atoms with Gasteiger partial charge in [0.1, 0.15) is 0 Å². The maximum atomic E-state index is 3.98. The summed E-state index contributed by atoms with van der Waals surface area (Å²) in [5, 5.41) is 3.98. The Morgan fingerprint density at radius 2 is 1.37 bits per heavy atom. The van der Waals surface area contributed by atoms with Crippen LogP contribution in [0.5, 0.6) is 0 Å². The third-order valence-corrected chi connectivity index (χ3v) is 5.65. The summed E-state index contributed by atoms with van der Waals surface area (Å²) in [7, 11) is 0. The van der Waals surface area contributed by atoms with Crippen LogP contribution in [0, 0.1) is 28.6 Å². The standard InChI is InChI=1S/C18H33N/c1-17(2)9-15(10-18(3,4)12-17)19-11-16(13-5-6-13)14-7-8-14/h13-16,19H,5-12H2,1-4H3. The monoisotopic (exact) mass is 263 g/mol. The number of hydrogen-bond donors (Lipinski definition) is 1. The van der Waals surface area contributed by atoms with Crippen molar-refractivity contribution in [2.45, 2.75) is 78.7 Å². The van der Waals surface area contributed by atoms with Crippen LogP contribution in [-0.2, 0) is 0 Å². The van der Waals surface area contributed by atoms with Crippen LogP contribution in [0.25, 0.3) is 0 Å². The average Bonchev–Trinajstić information content (AvgIpc) is 3.09. The molecule has 0 amide bonds. The summed E-state index contributed by atoms with van der Waals surface area (Å²) in [5.74, 6) is 3.20. The Morgan fingerprint density at radius 1 is 0.895 bits per heavy atom. The van der Waals surface area contributed by atoms with Gasteiger partial charge >= 0.3 is 0 Å². The minimum absolute atomic E-state index is 0.522. The van der Waals surface area contributed by atoms with Crippen LogP contribution in [0.2, 0.25) is 0 Å². The van der Waals surface area contributed by atoms with Crippen molar-refractivity contribution in [2.75, 3.05) is 6.54 Å². The minimum Gasteiger partial charge on any atom is -0.314 e. The number of hydrogen-bond acceptors (Lipinski definition) is 1. The fourth-order valence-electron chi connectivity index (χ4n) is 5.06. The van der Waals surface area contributed by atoms with E-state index in [1.165, 1.54) is 51.5 Å². The predicted molar refractivity (Wildman–Crippen MR) is 82.1 cm³/mol. The van der Waals surface area contributed by atoms with E-state index in [0.29, 0.717) is 10.8 Å². The Labute approximate surface area is 119 Å². The second-order valence-corrected chi connectivity index (χ2v) is 9.36. The molecule has 0 aromatic carbocycles. The molecule has 110 valence electrons. The maximum Gasteiger partial charge on any atom is 0.00773 e. The third kappa shape index (κ3) is 3.74. The van der Waals surface area contributed by atoms with Gasteiger partial charge in [0.25, 0.3) is 0 Å². The van der Waals surface area contributed by atoms with Gasteiger partial charge in [0.15, 0.2) is 0 Å². The van der Waals surface area contributed by atoms with E-state index in [1.54, 1.807) is 0 Å². The van der Waals surface area contributed by atoms with E-state index < -0.39 is 0 Å². The highest BCUT2D eigenvalue weighted by Crippen LogP contribution is 2.49. The highest BCUT2D eigenvalue weighted by atomic mass is 14.9. The van der Waals surface area contributed by atoms with Crippen molar-refractivity contribution in [1.29, 1.82) is 0 Å². The Morgan fingerprint density at radius 3 is 1.79 bits per heavy atom. The zero-order valence-electron chi connectivity index (χ0n) is 13.5. The summed E-state index contributed by atoms with van der Waals surface area (Å²) in [6, 6.07) is 0.763. The van der Waals surface area contributed by atoms with Gasteiger partial charge in [-0.3, -0.25) is 0 Å². The van der Waals surface area contributed by atoms with E-state index >= 15 is 0 Å². The molecule has 0 aromatic rings. The van der Waals surface area contributed by atoms with Crippen molar-refractivity contribution in [1.82, 2.24) is 5.32 Å². The van der Waals surface area contributed by atoms with Crippen LogP contribution in [0.1, 0.15) is 72.6 Å². The predicted octanol–water partition coefficient (Wildman–Crippen LogP) is 4.62. The van der Waals surface area contributed by atoms with E-state index in [2.05, 4.69) is 33.0 Å². The topological polar surface area (TPSA) is 12.0 Å². The average molecular weight is 263 g/mol. The van der Waals surface area contributed by atoms with Gasteiger partial charge in [-0.05, 0) is 80.1 Å². The summed E-state index contributed by atoms with van der Waals surface area (Å²) in [5.41, 5.74) is 1.04. The van der Waals surface area contributed by atoms with Crippen LogP contribution >= 0.6 is 0 Å². The second kappa shape index (κ2) is 4.76. The van der Waals surface area contributed by atoms with Crippen molar-refractivity contribution < 1.29 is 0 Å². The first-order chi connectivity index (χ1) is 8.85. The molecule has 0 atom stereocenters. The number of rotatable bonds is 5. The van der Waals surface area contributed by atoms with Gasteiger partial charge in [0.2, 0.25) is 0 Å². The first-order valence-corrected chi connectivity index (χ1v) is 8.58. The molecule has 0 aromatic heterocycles. The normalized spacial score (nSPS) is 30.8. The summed E-state index contributed by atoms with van der Waals surface area (Å²) < 4.78 is 0. The Hall–Kier alpha value is -0.0400. The van der Waals surface area contributed by atoms with Gasteiger partial charge in [-0.2, -0.15) is 0 Å². The molecule has 3 saturated carbocycles. The van der Waals surface area contributed by atoms with Crippen molar-refractivity contribution in [3.63, 3.8) is 0 Å². The van der Waals surface area contributed by atoms with Gasteiger partial charge in [-0.1, -0.05) is 27.7 Å². The largest absolute Gasteiger partial charge is 0.314 e. The zero-order chi connectivity index (χ0) is 13.7. The molecule has 0 radical (unpaired) electrons. The number of nitrogens with one attached hydrogen (secondary N) is 1. The van der Waals surface area contributed by atoms with E-state index in [1.807, 2.05) is 0 Å². The van der Waals surface area contributed by atoms with Crippen LogP contribution in [0.3, 0.4) is 0 Å². The SMILES string of the molecule is CC1(C)CC(NCC(C2CC2)C2CC2)CC(C)(C)C1. The van der Waals surface area contributed by atoms with E-state index in [0.717, 1.165) is 23.8 Å². The molecule has 3 aliphatic carbocycles. The fourth-order valence-corrected chi connectivity index (χ4v) is 5.06. The van der Waals surface area contributed by atoms with Crippen LogP contribution in [0.4, 0.5) is 0 Å². The summed E-state index contributed by atoms with van der Waals surface area (Å²) in [6.07, 6.45) is 10.2. The molecule has 0 unspecified atom stereocenters.